The largest absolute Gasteiger partial charge is 0.497 e. The van der Waals surface area contributed by atoms with Gasteiger partial charge in [0.05, 0.1) is 17.7 Å². The molecule has 0 unspecified atom stereocenters. The summed E-state index contributed by atoms with van der Waals surface area (Å²) >= 11 is 0. The average molecular weight is 437 g/mol. The smallest absolute Gasteiger partial charge is 0.264 e. The number of hydrogen-bond donors (Lipinski definition) is 0. The number of nitrogens with zero attached hydrogens (tertiary/aromatic N) is 2. The molecular weight excluding hydrogens is 412 g/mol. The standard InChI is InChI=1S/C24H24N2O4S/c1-25(17-18-10-12-21(30-2)13-11-18)24(27)20-7-5-8-22(16-20)31(28,29)26-15-14-19-6-3-4-9-23(19)26/h3-13,16H,14-15,17H2,1-2H3. The highest BCUT2D eigenvalue weighted by atomic mass is 32.2. The van der Waals surface area contributed by atoms with Crippen LogP contribution in [0.15, 0.2) is 77.7 Å². The van der Waals surface area contributed by atoms with Gasteiger partial charge in [0.25, 0.3) is 15.9 Å². The van der Waals surface area contributed by atoms with Crippen LogP contribution in [0.3, 0.4) is 0 Å². The Kier molecular flexibility index (Phi) is 5.69. The second kappa shape index (κ2) is 8.43. The van der Waals surface area contributed by atoms with E-state index in [0.29, 0.717) is 30.8 Å². The molecule has 160 valence electrons. The van der Waals surface area contributed by atoms with Crippen LogP contribution in [0.2, 0.25) is 0 Å². The normalized spacial score (nSPS) is 13.0. The number of fused-ring (bicyclic) bond motifs is 1. The number of sulfonamides is 1. The maximum Gasteiger partial charge on any atom is 0.264 e. The Morgan fingerprint density at radius 2 is 1.77 bits per heavy atom. The first-order valence-corrected chi connectivity index (χ1v) is 11.4. The predicted molar refractivity (Wildman–Crippen MR) is 120 cm³/mol. The number of carbonyl (C=O) groups is 1. The van der Waals surface area contributed by atoms with Gasteiger partial charge in [-0.1, -0.05) is 36.4 Å². The lowest BCUT2D eigenvalue weighted by Crippen LogP contribution is -2.30. The molecule has 1 aliphatic rings. The van der Waals surface area contributed by atoms with Crippen LogP contribution in [0, 0.1) is 0 Å². The van der Waals surface area contributed by atoms with Crippen LogP contribution >= 0.6 is 0 Å². The van der Waals surface area contributed by atoms with Crippen molar-refractivity contribution in [1.82, 2.24) is 4.90 Å². The van der Waals surface area contributed by atoms with E-state index in [1.165, 1.54) is 16.4 Å². The predicted octanol–water partition coefficient (Wildman–Crippen LogP) is 3.72. The number of amides is 1. The Hall–Kier alpha value is -3.32. The van der Waals surface area contributed by atoms with Crippen molar-refractivity contribution in [2.75, 3.05) is 25.0 Å². The highest BCUT2D eigenvalue weighted by molar-refractivity contribution is 7.92. The number of para-hydroxylation sites is 1. The zero-order valence-electron chi connectivity index (χ0n) is 17.5. The van der Waals surface area contributed by atoms with Crippen LogP contribution in [-0.2, 0) is 23.0 Å². The molecule has 7 heteroatoms. The van der Waals surface area contributed by atoms with Crippen molar-refractivity contribution in [1.29, 1.82) is 0 Å². The molecule has 0 aliphatic carbocycles. The molecule has 3 aromatic carbocycles. The average Bonchev–Trinajstić information content (AvgIpc) is 3.24. The monoisotopic (exact) mass is 436 g/mol. The van der Waals surface area contributed by atoms with E-state index in [1.54, 1.807) is 31.2 Å². The SMILES string of the molecule is COc1ccc(CN(C)C(=O)c2cccc(S(=O)(=O)N3CCc4ccccc43)c2)cc1. The Labute approximate surface area is 182 Å². The number of methoxy groups -OCH3 is 1. The minimum absolute atomic E-state index is 0.118. The number of carbonyl (C=O) groups excluding carboxylic acids is 1. The van der Waals surface area contributed by atoms with Gasteiger partial charge in [-0.05, 0) is 53.9 Å². The van der Waals surface area contributed by atoms with Crippen molar-refractivity contribution < 1.29 is 17.9 Å². The molecule has 3 aromatic rings. The molecular formula is C24H24N2O4S. The molecule has 31 heavy (non-hydrogen) atoms. The summed E-state index contributed by atoms with van der Waals surface area (Å²) in [6, 6.07) is 21.2. The molecule has 0 saturated heterocycles. The fourth-order valence-electron chi connectivity index (χ4n) is 3.77. The van der Waals surface area contributed by atoms with Crippen LogP contribution in [0.5, 0.6) is 5.75 Å². The van der Waals surface area contributed by atoms with Gasteiger partial charge < -0.3 is 9.64 Å². The van der Waals surface area contributed by atoms with E-state index in [2.05, 4.69) is 0 Å². The first kappa shape index (κ1) is 20.9. The first-order valence-electron chi connectivity index (χ1n) is 9.99. The fourth-order valence-corrected chi connectivity index (χ4v) is 5.32. The Bertz CT molecular complexity index is 1210. The number of anilines is 1. The molecule has 0 radical (unpaired) electrons. The van der Waals surface area contributed by atoms with E-state index >= 15 is 0 Å². The lowest BCUT2D eigenvalue weighted by molar-refractivity contribution is 0.0785. The van der Waals surface area contributed by atoms with Gasteiger partial charge >= 0.3 is 0 Å². The van der Waals surface area contributed by atoms with Gasteiger partial charge in [-0.25, -0.2) is 8.42 Å². The second-order valence-corrected chi connectivity index (χ2v) is 9.36. The van der Waals surface area contributed by atoms with Crippen LogP contribution in [-0.4, -0.2) is 39.9 Å². The summed E-state index contributed by atoms with van der Waals surface area (Å²) in [7, 11) is -0.449. The number of hydrogen-bond acceptors (Lipinski definition) is 4. The summed E-state index contributed by atoms with van der Waals surface area (Å²) in [5.74, 6) is 0.508. The van der Waals surface area contributed by atoms with Gasteiger partial charge in [0.15, 0.2) is 0 Å². The third kappa shape index (κ3) is 4.14. The third-order valence-corrected chi connectivity index (χ3v) is 7.25. The molecule has 0 N–H and O–H groups in total. The lowest BCUT2D eigenvalue weighted by Gasteiger charge is -2.21. The molecule has 0 spiro atoms. The molecule has 1 heterocycles. The van der Waals surface area contributed by atoms with Gasteiger partial charge in [-0.2, -0.15) is 0 Å². The van der Waals surface area contributed by atoms with Gasteiger partial charge in [0.1, 0.15) is 5.75 Å². The number of ether oxygens (including phenoxy) is 1. The van der Waals surface area contributed by atoms with Crippen molar-refractivity contribution in [3.63, 3.8) is 0 Å². The van der Waals surface area contributed by atoms with Crippen LogP contribution in [0.4, 0.5) is 5.69 Å². The van der Waals surface area contributed by atoms with Crippen LogP contribution in [0.1, 0.15) is 21.5 Å². The Morgan fingerprint density at radius 3 is 2.52 bits per heavy atom. The Morgan fingerprint density at radius 1 is 1.03 bits per heavy atom. The highest BCUT2D eigenvalue weighted by Crippen LogP contribution is 2.32. The summed E-state index contributed by atoms with van der Waals surface area (Å²) in [4.78, 5) is 14.7. The zero-order valence-corrected chi connectivity index (χ0v) is 18.3. The lowest BCUT2D eigenvalue weighted by atomic mass is 10.1. The van der Waals surface area contributed by atoms with E-state index in [0.717, 1.165) is 16.9 Å². The summed E-state index contributed by atoms with van der Waals surface area (Å²) in [6.07, 6.45) is 0.679. The molecule has 1 amide bonds. The van der Waals surface area contributed by atoms with E-state index in [9.17, 15) is 13.2 Å². The van der Waals surface area contributed by atoms with E-state index in [4.69, 9.17) is 4.74 Å². The van der Waals surface area contributed by atoms with Crippen molar-refractivity contribution >= 4 is 21.6 Å². The summed E-state index contributed by atoms with van der Waals surface area (Å²) in [5.41, 5.74) is 3.01. The number of benzene rings is 3. The van der Waals surface area contributed by atoms with Gasteiger partial charge in [0.2, 0.25) is 0 Å². The molecule has 6 nitrogen and oxygen atoms in total. The summed E-state index contributed by atoms with van der Waals surface area (Å²) < 4.78 is 33.1. The van der Waals surface area contributed by atoms with Crippen molar-refractivity contribution in [2.45, 2.75) is 17.9 Å². The first-order chi connectivity index (χ1) is 14.9. The topological polar surface area (TPSA) is 66.9 Å². The third-order valence-electron chi connectivity index (χ3n) is 5.44. The highest BCUT2D eigenvalue weighted by Gasteiger charge is 2.31. The van der Waals surface area contributed by atoms with Gasteiger partial charge in [-0.3, -0.25) is 9.10 Å². The van der Waals surface area contributed by atoms with E-state index in [-0.39, 0.29) is 10.8 Å². The minimum atomic E-state index is -3.75. The minimum Gasteiger partial charge on any atom is -0.497 e. The molecule has 0 atom stereocenters. The molecule has 0 aromatic heterocycles. The van der Waals surface area contributed by atoms with Gasteiger partial charge in [-0.15, -0.1) is 0 Å². The summed E-state index contributed by atoms with van der Waals surface area (Å²) in [6.45, 7) is 0.802. The van der Waals surface area contributed by atoms with Crippen molar-refractivity contribution in [3.05, 3.63) is 89.5 Å². The maximum absolute atomic E-state index is 13.3. The zero-order chi connectivity index (χ0) is 22.0. The second-order valence-electron chi connectivity index (χ2n) is 7.49. The quantitative estimate of drug-likeness (QED) is 0.591. The van der Waals surface area contributed by atoms with Crippen LogP contribution in [0.25, 0.3) is 0 Å². The molecule has 0 fully saturated rings. The number of rotatable bonds is 6. The summed E-state index contributed by atoms with van der Waals surface area (Å²) in [5, 5.41) is 0. The fraction of sp³-hybridized carbons (Fsp3) is 0.208. The van der Waals surface area contributed by atoms with Gasteiger partial charge in [0, 0.05) is 25.7 Å². The van der Waals surface area contributed by atoms with E-state index < -0.39 is 10.0 Å². The molecule has 0 saturated carbocycles. The Balaban J connectivity index is 1.55. The van der Waals surface area contributed by atoms with Crippen molar-refractivity contribution in [3.8, 4) is 5.75 Å². The van der Waals surface area contributed by atoms with Crippen molar-refractivity contribution in [2.24, 2.45) is 0 Å². The molecule has 1 aliphatic heterocycles. The molecule has 0 bridgehead atoms. The maximum atomic E-state index is 13.3. The van der Waals surface area contributed by atoms with E-state index in [1.807, 2.05) is 48.5 Å². The van der Waals surface area contributed by atoms with Crippen LogP contribution < -0.4 is 9.04 Å². The molecule has 4 rings (SSSR count).